The number of carbonyl (C=O) groups is 2. The average molecular weight is 396 g/mol. The highest BCUT2D eigenvalue weighted by atomic mass is 19.4. The summed E-state index contributed by atoms with van der Waals surface area (Å²) in [5.74, 6) is -0.796. The van der Waals surface area contributed by atoms with Crippen molar-refractivity contribution in [2.24, 2.45) is 0 Å². The van der Waals surface area contributed by atoms with Gasteiger partial charge >= 0.3 is 6.36 Å². The number of hydrogen-bond donors (Lipinski definition) is 3. The summed E-state index contributed by atoms with van der Waals surface area (Å²) < 4.78 is 40.2. The van der Waals surface area contributed by atoms with Crippen LogP contribution in [-0.2, 0) is 11.3 Å². The summed E-state index contributed by atoms with van der Waals surface area (Å²) in [6.45, 7) is 0.734. The van der Waals surface area contributed by atoms with Gasteiger partial charge in [0.2, 0.25) is 0 Å². The lowest BCUT2D eigenvalue weighted by Crippen LogP contribution is -3.08. The standard InChI is InChI=1S/C19H20F3N3O3/c1-23-18(27)14-5-3-13(4-6-14)11-25(2)12-17(26)24-15-7-9-16(10-8-15)28-19(20,21)22/h3-10H,11-12H2,1-2H3,(H,23,27)(H,24,26)/p+1. The maximum Gasteiger partial charge on any atom is 0.573 e. The van der Waals surface area contributed by atoms with Crippen molar-refractivity contribution in [3.8, 4) is 5.75 Å². The molecule has 2 aromatic carbocycles. The fourth-order valence-corrected chi connectivity index (χ4v) is 2.55. The third kappa shape index (κ3) is 6.92. The summed E-state index contributed by atoms with van der Waals surface area (Å²) in [4.78, 5) is 24.5. The highest BCUT2D eigenvalue weighted by molar-refractivity contribution is 5.94. The maximum atomic E-state index is 12.1. The molecule has 0 fully saturated rings. The van der Waals surface area contributed by atoms with Crippen LogP contribution in [0.2, 0.25) is 0 Å². The van der Waals surface area contributed by atoms with Gasteiger partial charge < -0.3 is 20.3 Å². The molecule has 3 N–H and O–H groups in total. The Morgan fingerprint density at radius 3 is 2.18 bits per heavy atom. The molecule has 0 aliphatic heterocycles. The van der Waals surface area contributed by atoms with Gasteiger partial charge in [-0.1, -0.05) is 12.1 Å². The van der Waals surface area contributed by atoms with Gasteiger partial charge in [-0.2, -0.15) is 0 Å². The second-order valence-electron chi connectivity index (χ2n) is 6.21. The van der Waals surface area contributed by atoms with Crippen LogP contribution in [0, 0.1) is 0 Å². The summed E-state index contributed by atoms with van der Waals surface area (Å²) in [6, 6.07) is 12.0. The number of benzene rings is 2. The van der Waals surface area contributed by atoms with E-state index >= 15 is 0 Å². The lowest BCUT2D eigenvalue weighted by atomic mass is 10.1. The summed E-state index contributed by atoms with van der Waals surface area (Å²) in [7, 11) is 3.40. The minimum atomic E-state index is -4.75. The number of likely N-dealkylation sites (N-methyl/N-ethyl adjacent to an activating group) is 1. The number of rotatable bonds is 7. The average Bonchev–Trinajstić information content (AvgIpc) is 2.62. The van der Waals surface area contributed by atoms with E-state index in [1.54, 1.807) is 19.2 Å². The minimum Gasteiger partial charge on any atom is -0.406 e. The number of ether oxygens (including phenoxy) is 1. The predicted molar refractivity (Wildman–Crippen MR) is 97.0 cm³/mol. The van der Waals surface area contributed by atoms with Gasteiger partial charge in [0.1, 0.15) is 12.3 Å². The van der Waals surface area contributed by atoms with Gasteiger partial charge in [-0.15, -0.1) is 13.2 Å². The molecular weight excluding hydrogens is 375 g/mol. The Hall–Kier alpha value is -3.07. The van der Waals surface area contributed by atoms with Crippen LogP contribution in [0.4, 0.5) is 18.9 Å². The van der Waals surface area contributed by atoms with Gasteiger partial charge in [-0.05, 0) is 36.4 Å². The highest BCUT2D eigenvalue weighted by Crippen LogP contribution is 2.23. The minimum absolute atomic E-state index is 0.165. The molecule has 2 amide bonds. The second-order valence-corrected chi connectivity index (χ2v) is 6.21. The first kappa shape index (κ1) is 21.2. The Morgan fingerprint density at radius 1 is 1.04 bits per heavy atom. The molecule has 2 rings (SSSR count). The molecule has 1 unspecified atom stereocenters. The number of hydrogen-bond acceptors (Lipinski definition) is 3. The number of halogens is 3. The molecule has 0 aliphatic carbocycles. The van der Waals surface area contributed by atoms with E-state index in [0.717, 1.165) is 22.6 Å². The molecule has 0 spiro atoms. The van der Waals surface area contributed by atoms with Crippen LogP contribution in [0.25, 0.3) is 0 Å². The maximum absolute atomic E-state index is 12.1. The summed E-state index contributed by atoms with van der Waals surface area (Å²) >= 11 is 0. The zero-order valence-electron chi connectivity index (χ0n) is 15.4. The van der Waals surface area contributed by atoms with E-state index in [-0.39, 0.29) is 24.1 Å². The first-order valence-corrected chi connectivity index (χ1v) is 8.44. The molecule has 1 atom stereocenters. The molecule has 0 aromatic heterocycles. The monoisotopic (exact) mass is 396 g/mol. The van der Waals surface area contributed by atoms with Gasteiger partial charge in [0.15, 0.2) is 6.54 Å². The van der Waals surface area contributed by atoms with E-state index in [9.17, 15) is 22.8 Å². The fraction of sp³-hybridized carbons (Fsp3) is 0.263. The molecule has 0 saturated heterocycles. The molecule has 28 heavy (non-hydrogen) atoms. The highest BCUT2D eigenvalue weighted by Gasteiger charge is 2.30. The first-order valence-electron chi connectivity index (χ1n) is 8.44. The van der Waals surface area contributed by atoms with Crippen LogP contribution < -0.4 is 20.3 Å². The molecule has 6 nitrogen and oxygen atoms in total. The topological polar surface area (TPSA) is 71.9 Å². The van der Waals surface area contributed by atoms with E-state index in [1.807, 2.05) is 19.2 Å². The summed E-state index contributed by atoms with van der Waals surface area (Å²) in [5, 5.41) is 5.18. The Labute approximate surface area is 160 Å². The lowest BCUT2D eigenvalue weighted by molar-refractivity contribution is -0.885. The third-order valence-corrected chi connectivity index (χ3v) is 3.78. The Balaban J connectivity index is 1.84. The zero-order valence-corrected chi connectivity index (χ0v) is 15.4. The number of amides is 2. The van der Waals surface area contributed by atoms with E-state index in [0.29, 0.717) is 17.8 Å². The smallest absolute Gasteiger partial charge is 0.406 e. The van der Waals surface area contributed by atoms with Crippen molar-refractivity contribution in [2.75, 3.05) is 26.0 Å². The normalized spacial score (nSPS) is 12.2. The van der Waals surface area contributed by atoms with E-state index < -0.39 is 6.36 Å². The molecule has 0 radical (unpaired) electrons. The lowest BCUT2D eigenvalue weighted by Gasteiger charge is -2.14. The van der Waals surface area contributed by atoms with Gasteiger partial charge in [0.25, 0.3) is 11.8 Å². The van der Waals surface area contributed by atoms with Crippen LogP contribution in [0.15, 0.2) is 48.5 Å². The Morgan fingerprint density at radius 2 is 1.64 bits per heavy atom. The summed E-state index contributed by atoms with van der Waals surface area (Å²) in [5.41, 5.74) is 1.90. The molecule has 2 aromatic rings. The van der Waals surface area contributed by atoms with Crippen molar-refractivity contribution in [1.29, 1.82) is 0 Å². The number of alkyl halides is 3. The molecule has 0 heterocycles. The molecule has 0 saturated carbocycles. The number of anilines is 1. The van der Waals surface area contributed by atoms with E-state index in [1.165, 1.54) is 12.1 Å². The van der Waals surface area contributed by atoms with Gasteiger partial charge in [0, 0.05) is 23.9 Å². The Kier molecular flexibility index (Phi) is 7.00. The second kappa shape index (κ2) is 9.23. The molecule has 0 aliphatic rings. The largest absolute Gasteiger partial charge is 0.573 e. The number of quaternary nitrogens is 1. The van der Waals surface area contributed by atoms with Crippen molar-refractivity contribution < 1.29 is 32.4 Å². The SMILES string of the molecule is CNC(=O)c1ccc(C[NH+](C)CC(=O)Nc2ccc(OC(F)(F)F)cc2)cc1. The van der Waals surface area contributed by atoms with Crippen molar-refractivity contribution in [1.82, 2.24) is 5.32 Å². The number of carbonyl (C=O) groups excluding carboxylic acids is 2. The van der Waals surface area contributed by atoms with Gasteiger partial charge in [-0.25, -0.2) is 0 Å². The van der Waals surface area contributed by atoms with Crippen molar-refractivity contribution in [3.05, 3.63) is 59.7 Å². The van der Waals surface area contributed by atoms with Crippen LogP contribution in [0.5, 0.6) is 5.75 Å². The van der Waals surface area contributed by atoms with Crippen molar-refractivity contribution >= 4 is 17.5 Å². The first-order chi connectivity index (χ1) is 13.2. The fourth-order valence-electron chi connectivity index (χ4n) is 2.55. The number of nitrogens with one attached hydrogen (secondary N) is 3. The molecule has 150 valence electrons. The van der Waals surface area contributed by atoms with Crippen molar-refractivity contribution in [3.63, 3.8) is 0 Å². The third-order valence-electron chi connectivity index (χ3n) is 3.78. The van der Waals surface area contributed by atoms with E-state index in [4.69, 9.17) is 0 Å². The summed E-state index contributed by atoms with van der Waals surface area (Å²) in [6.07, 6.45) is -4.75. The molecular formula is C19H21F3N3O3+. The van der Waals surface area contributed by atoms with Crippen LogP contribution in [0.3, 0.4) is 0 Å². The van der Waals surface area contributed by atoms with Crippen LogP contribution in [0.1, 0.15) is 15.9 Å². The van der Waals surface area contributed by atoms with Crippen LogP contribution >= 0.6 is 0 Å². The molecule has 9 heteroatoms. The molecule has 0 bridgehead atoms. The Bertz CT molecular complexity index is 806. The quantitative estimate of drug-likeness (QED) is 0.666. The van der Waals surface area contributed by atoms with Crippen LogP contribution in [-0.4, -0.2) is 38.8 Å². The van der Waals surface area contributed by atoms with Crippen molar-refractivity contribution in [2.45, 2.75) is 12.9 Å². The van der Waals surface area contributed by atoms with E-state index in [2.05, 4.69) is 15.4 Å². The predicted octanol–water partition coefficient (Wildman–Crippen LogP) is 1.60. The van der Waals surface area contributed by atoms with Gasteiger partial charge in [0.05, 0.1) is 7.05 Å². The zero-order chi connectivity index (χ0) is 20.7. The van der Waals surface area contributed by atoms with Gasteiger partial charge in [-0.3, -0.25) is 9.59 Å².